The number of aromatic nitrogens is 3. The number of hydrogen-bond donors (Lipinski definition) is 2. The van der Waals surface area contributed by atoms with E-state index in [1.54, 1.807) is 17.7 Å². The summed E-state index contributed by atoms with van der Waals surface area (Å²) in [6.45, 7) is 7.13. The van der Waals surface area contributed by atoms with Crippen LogP contribution in [0.2, 0.25) is 0 Å². The molecule has 0 amide bonds. The smallest absolute Gasteiger partial charge is 0.112 e. The zero-order valence-electron chi connectivity index (χ0n) is 9.74. The van der Waals surface area contributed by atoms with Crippen LogP contribution < -0.4 is 5.32 Å². The highest BCUT2D eigenvalue weighted by Crippen LogP contribution is 2.24. The molecule has 0 atom stereocenters. The summed E-state index contributed by atoms with van der Waals surface area (Å²) in [6, 6.07) is 0. The molecule has 4 nitrogen and oxygen atoms in total. The molecule has 0 radical (unpaired) electrons. The van der Waals surface area contributed by atoms with E-state index in [2.05, 4.69) is 41.0 Å². The van der Waals surface area contributed by atoms with Crippen LogP contribution in [0.1, 0.15) is 29.4 Å². The van der Waals surface area contributed by atoms with Crippen molar-refractivity contribution in [3.63, 3.8) is 0 Å². The van der Waals surface area contributed by atoms with E-state index in [9.17, 15) is 0 Å². The second-order valence-corrected chi connectivity index (χ2v) is 5.57. The Labute approximate surface area is 99.2 Å². The predicted octanol–water partition coefficient (Wildman–Crippen LogP) is 2.20. The highest BCUT2D eigenvalue weighted by molar-refractivity contribution is 7.11. The van der Waals surface area contributed by atoms with Crippen LogP contribution in [0.25, 0.3) is 0 Å². The van der Waals surface area contributed by atoms with Gasteiger partial charge in [-0.2, -0.15) is 0 Å². The molecule has 0 bridgehead atoms. The lowest BCUT2D eigenvalue weighted by atomic mass is 10.1. The van der Waals surface area contributed by atoms with Gasteiger partial charge in [0, 0.05) is 29.5 Å². The molecule has 0 spiro atoms. The van der Waals surface area contributed by atoms with Gasteiger partial charge in [-0.3, -0.25) is 0 Å². The largest absolute Gasteiger partial charge is 0.347 e. The Balaban J connectivity index is 2.02. The highest BCUT2D eigenvalue weighted by Gasteiger charge is 2.23. The minimum absolute atomic E-state index is 0.107. The van der Waals surface area contributed by atoms with Gasteiger partial charge < -0.3 is 10.3 Å². The minimum atomic E-state index is -0.107. The van der Waals surface area contributed by atoms with Crippen molar-refractivity contribution in [3.05, 3.63) is 34.3 Å². The molecule has 0 aromatic carbocycles. The SMILES string of the molecule is Cc1cnc(C(C)(C)NCc2cnc[nH]2)s1. The van der Waals surface area contributed by atoms with Gasteiger partial charge >= 0.3 is 0 Å². The molecule has 86 valence electrons. The summed E-state index contributed by atoms with van der Waals surface area (Å²) >= 11 is 1.73. The van der Waals surface area contributed by atoms with Gasteiger partial charge in [-0.15, -0.1) is 11.3 Å². The first-order valence-corrected chi connectivity index (χ1v) is 6.05. The monoisotopic (exact) mass is 236 g/mol. The predicted molar refractivity (Wildman–Crippen MR) is 65.3 cm³/mol. The third-order valence-electron chi connectivity index (χ3n) is 2.43. The van der Waals surface area contributed by atoms with Crippen molar-refractivity contribution in [2.24, 2.45) is 0 Å². The van der Waals surface area contributed by atoms with Gasteiger partial charge in [0.05, 0.1) is 11.9 Å². The van der Waals surface area contributed by atoms with Crippen molar-refractivity contribution in [3.8, 4) is 0 Å². The number of aromatic amines is 1. The molecule has 2 aromatic rings. The number of rotatable bonds is 4. The lowest BCUT2D eigenvalue weighted by Crippen LogP contribution is -2.35. The molecule has 0 aliphatic carbocycles. The summed E-state index contributed by atoms with van der Waals surface area (Å²) in [5.41, 5.74) is 0.977. The van der Waals surface area contributed by atoms with Crippen molar-refractivity contribution in [1.29, 1.82) is 0 Å². The van der Waals surface area contributed by atoms with Gasteiger partial charge in [-0.1, -0.05) is 0 Å². The second-order valence-electron chi connectivity index (χ2n) is 4.33. The van der Waals surface area contributed by atoms with Crippen LogP contribution in [-0.4, -0.2) is 15.0 Å². The first-order chi connectivity index (χ1) is 7.58. The Morgan fingerprint density at radius 1 is 1.44 bits per heavy atom. The Morgan fingerprint density at radius 2 is 2.25 bits per heavy atom. The van der Waals surface area contributed by atoms with Crippen LogP contribution in [-0.2, 0) is 12.1 Å². The molecule has 16 heavy (non-hydrogen) atoms. The van der Waals surface area contributed by atoms with Crippen molar-refractivity contribution in [1.82, 2.24) is 20.3 Å². The van der Waals surface area contributed by atoms with Crippen molar-refractivity contribution in [2.75, 3.05) is 0 Å². The molecule has 2 rings (SSSR count). The van der Waals surface area contributed by atoms with E-state index in [1.165, 1.54) is 4.88 Å². The maximum absolute atomic E-state index is 4.42. The fourth-order valence-corrected chi connectivity index (χ4v) is 2.26. The zero-order chi connectivity index (χ0) is 11.6. The third-order valence-corrected chi connectivity index (χ3v) is 3.67. The molecule has 0 saturated heterocycles. The summed E-state index contributed by atoms with van der Waals surface area (Å²) in [6.07, 6.45) is 5.44. The van der Waals surface area contributed by atoms with Gasteiger partial charge in [0.2, 0.25) is 0 Å². The minimum Gasteiger partial charge on any atom is -0.347 e. The van der Waals surface area contributed by atoms with Gasteiger partial charge in [-0.05, 0) is 20.8 Å². The molecule has 2 heterocycles. The lowest BCUT2D eigenvalue weighted by molar-refractivity contribution is 0.397. The van der Waals surface area contributed by atoms with Crippen LogP contribution in [0.4, 0.5) is 0 Å². The van der Waals surface area contributed by atoms with E-state index < -0.39 is 0 Å². The van der Waals surface area contributed by atoms with Gasteiger partial charge in [0.15, 0.2) is 0 Å². The van der Waals surface area contributed by atoms with E-state index in [-0.39, 0.29) is 5.54 Å². The Morgan fingerprint density at radius 3 is 2.81 bits per heavy atom. The van der Waals surface area contributed by atoms with Crippen LogP contribution >= 0.6 is 11.3 Å². The summed E-state index contributed by atoms with van der Waals surface area (Å²) in [5.74, 6) is 0. The Hall–Kier alpha value is -1.20. The van der Waals surface area contributed by atoms with Gasteiger partial charge in [0.1, 0.15) is 5.01 Å². The van der Waals surface area contributed by atoms with Crippen LogP contribution in [0.15, 0.2) is 18.7 Å². The average Bonchev–Trinajstić information content (AvgIpc) is 2.85. The van der Waals surface area contributed by atoms with E-state index >= 15 is 0 Å². The van der Waals surface area contributed by atoms with Crippen molar-refractivity contribution < 1.29 is 0 Å². The number of thiazole rings is 1. The maximum atomic E-state index is 4.42. The fraction of sp³-hybridized carbons (Fsp3) is 0.455. The van der Waals surface area contributed by atoms with Crippen molar-refractivity contribution in [2.45, 2.75) is 32.9 Å². The molecular formula is C11H16N4S. The zero-order valence-corrected chi connectivity index (χ0v) is 10.6. The quantitative estimate of drug-likeness (QED) is 0.855. The van der Waals surface area contributed by atoms with Gasteiger partial charge in [-0.25, -0.2) is 9.97 Å². The lowest BCUT2D eigenvalue weighted by Gasteiger charge is -2.23. The summed E-state index contributed by atoms with van der Waals surface area (Å²) in [7, 11) is 0. The molecule has 5 heteroatoms. The van der Waals surface area contributed by atoms with Crippen molar-refractivity contribution >= 4 is 11.3 Å². The summed E-state index contributed by atoms with van der Waals surface area (Å²) in [5, 5.41) is 4.58. The summed E-state index contributed by atoms with van der Waals surface area (Å²) < 4.78 is 0. The van der Waals surface area contributed by atoms with E-state index in [0.717, 1.165) is 17.2 Å². The molecule has 2 aromatic heterocycles. The fourth-order valence-electron chi connectivity index (χ4n) is 1.42. The standard InChI is InChI=1S/C11H16N4S/c1-8-4-13-10(16-8)11(2,3)15-6-9-5-12-7-14-9/h4-5,7,15H,6H2,1-3H3,(H,12,14). The number of nitrogens with zero attached hydrogens (tertiary/aromatic N) is 2. The normalized spacial score (nSPS) is 11.9. The molecular weight excluding hydrogens is 220 g/mol. The van der Waals surface area contributed by atoms with Crippen LogP contribution in [0.5, 0.6) is 0 Å². The third kappa shape index (κ3) is 2.48. The molecule has 0 saturated carbocycles. The topological polar surface area (TPSA) is 53.6 Å². The van der Waals surface area contributed by atoms with Crippen LogP contribution in [0, 0.1) is 6.92 Å². The molecule has 0 fully saturated rings. The first kappa shape index (κ1) is 11.3. The van der Waals surface area contributed by atoms with E-state index in [0.29, 0.717) is 0 Å². The number of H-pyrrole nitrogens is 1. The molecule has 0 aliphatic heterocycles. The average molecular weight is 236 g/mol. The van der Waals surface area contributed by atoms with Gasteiger partial charge in [0.25, 0.3) is 0 Å². The van der Waals surface area contributed by atoms with E-state index in [1.807, 2.05) is 12.4 Å². The second kappa shape index (κ2) is 4.35. The van der Waals surface area contributed by atoms with E-state index in [4.69, 9.17) is 0 Å². The highest BCUT2D eigenvalue weighted by atomic mass is 32.1. The Bertz CT molecular complexity index is 444. The maximum Gasteiger partial charge on any atom is 0.112 e. The number of nitrogens with one attached hydrogen (secondary N) is 2. The summed E-state index contributed by atoms with van der Waals surface area (Å²) in [4.78, 5) is 12.7. The number of hydrogen-bond acceptors (Lipinski definition) is 4. The molecule has 0 aliphatic rings. The first-order valence-electron chi connectivity index (χ1n) is 5.23. The molecule has 0 unspecified atom stereocenters. The number of imidazole rings is 1. The Kier molecular flexibility index (Phi) is 3.07. The molecule has 2 N–H and O–H groups in total. The number of aryl methyl sites for hydroxylation is 1. The van der Waals surface area contributed by atoms with Crippen LogP contribution in [0.3, 0.4) is 0 Å².